The predicted molar refractivity (Wildman–Crippen MR) is 56.4 cm³/mol. The topological polar surface area (TPSA) is 17.1 Å². The lowest BCUT2D eigenvalue weighted by molar-refractivity contribution is -0.104. The number of aldehydes is 1. The number of carbonyl (C=O) groups is 1. The highest BCUT2D eigenvalue weighted by Crippen LogP contribution is 2.23. The molecular weight excluding hydrogens is 168 g/mol. The van der Waals surface area contributed by atoms with Crippen LogP contribution in [0.3, 0.4) is 0 Å². The third kappa shape index (κ3) is 4.60. The van der Waals surface area contributed by atoms with Crippen LogP contribution >= 0.6 is 11.8 Å². The lowest BCUT2D eigenvalue weighted by Crippen LogP contribution is -1.87. The summed E-state index contributed by atoms with van der Waals surface area (Å²) in [6, 6.07) is 0. The zero-order valence-corrected chi connectivity index (χ0v) is 9.04. The molecule has 0 atom stereocenters. The number of rotatable bonds is 6. The van der Waals surface area contributed by atoms with E-state index >= 15 is 0 Å². The molecule has 70 valence electrons. The molecule has 0 N–H and O–H groups in total. The molecule has 0 radical (unpaired) electrons. The Morgan fingerprint density at radius 3 is 2.50 bits per heavy atom. The summed E-state index contributed by atoms with van der Waals surface area (Å²) in [6.45, 7) is 6.18. The van der Waals surface area contributed by atoms with E-state index < -0.39 is 0 Å². The summed E-state index contributed by atoms with van der Waals surface area (Å²) < 4.78 is 0. The van der Waals surface area contributed by atoms with Gasteiger partial charge >= 0.3 is 0 Å². The van der Waals surface area contributed by atoms with Gasteiger partial charge in [-0.15, -0.1) is 11.8 Å². The Balaban J connectivity index is 3.90. The van der Waals surface area contributed by atoms with Crippen molar-refractivity contribution in [3.8, 4) is 0 Å². The van der Waals surface area contributed by atoms with Crippen LogP contribution in [0.15, 0.2) is 10.5 Å². The van der Waals surface area contributed by atoms with Crippen LogP contribution in [0.4, 0.5) is 0 Å². The zero-order chi connectivity index (χ0) is 9.40. The Morgan fingerprint density at radius 1 is 1.42 bits per heavy atom. The molecule has 0 spiro atoms. The van der Waals surface area contributed by atoms with Crippen LogP contribution in [0.5, 0.6) is 0 Å². The molecule has 0 saturated heterocycles. The van der Waals surface area contributed by atoms with Crippen molar-refractivity contribution in [2.24, 2.45) is 0 Å². The molecule has 1 nitrogen and oxygen atoms in total. The summed E-state index contributed by atoms with van der Waals surface area (Å²) in [5.41, 5.74) is 0.901. The minimum absolute atomic E-state index is 0.901. The van der Waals surface area contributed by atoms with E-state index in [0.29, 0.717) is 0 Å². The van der Waals surface area contributed by atoms with Crippen LogP contribution in [-0.4, -0.2) is 12.0 Å². The van der Waals surface area contributed by atoms with Crippen LogP contribution in [0.1, 0.15) is 40.0 Å². The Labute approximate surface area is 79.6 Å². The van der Waals surface area contributed by atoms with Crippen molar-refractivity contribution in [3.63, 3.8) is 0 Å². The number of hydrogen-bond acceptors (Lipinski definition) is 2. The van der Waals surface area contributed by atoms with Gasteiger partial charge in [0.15, 0.2) is 0 Å². The van der Waals surface area contributed by atoms with Gasteiger partial charge in [-0.1, -0.05) is 20.3 Å². The van der Waals surface area contributed by atoms with Crippen molar-refractivity contribution >= 4 is 18.0 Å². The Kier molecular flexibility index (Phi) is 7.26. The molecule has 0 heterocycles. The normalized spacial score (nSPS) is 12.6. The van der Waals surface area contributed by atoms with E-state index in [-0.39, 0.29) is 0 Å². The van der Waals surface area contributed by atoms with Gasteiger partial charge in [-0.25, -0.2) is 0 Å². The monoisotopic (exact) mass is 186 g/mol. The first-order valence-electron chi connectivity index (χ1n) is 4.53. The van der Waals surface area contributed by atoms with Crippen LogP contribution in [0, 0.1) is 0 Å². The van der Waals surface area contributed by atoms with Crippen molar-refractivity contribution < 1.29 is 4.79 Å². The standard InChI is InChI=1S/C10H18OS/c1-4-6-7-12-10(5-2)9(3)8-11/h8H,4-7H2,1-3H3/b10-9+. The van der Waals surface area contributed by atoms with Crippen molar-refractivity contribution in [1.29, 1.82) is 0 Å². The molecular formula is C10H18OS. The number of thioether (sulfide) groups is 1. The Hall–Kier alpha value is -0.240. The molecule has 12 heavy (non-hydrogen) atoms. The van der Waals surface area contributed by atoms with Crippen molar-refractivity contribution in [3.05, 3.63) is 10.5 Å². The molecule has 0 aromatic carbocycles. The van der Waals surface area contributed by atoms with E-state index in [9.17, 15) is 4.79 Å². The average Bonchev–Trinajstić information content (AvgIpc) is 2.11. The highest BCUT2D eigenvalue weighted by Gasteiger charge is 1.99. The van der Waals surface area contributed by atoms with Gasteiger partial charge in [0.05, 0.1) is 0 Å². The highest BCUT2D eigenvalue weighted by atomic mass is 32.2. The first kappa shape index (κ1) is 11.8. The van der Waals surface area contributed by atoms with Crippen LogP contribution < -0.4 is 0 Å². The maximum Gasteiger partial charge on any atom is 0.146 e. The molecule has 0 aliphatic rings. The van der Waals surface area contributed by atoms with Gasteiger partial charge < -0.3 is 0 Å². The molecule has 0 rings (SSSR count). The molecule has 0 fully saturated rings. The quantitative estimate of drug-likeness (QED) is 0.359. The summed E-state index contributed by atoms with van der Waals surface area (Å²) in [7, 11) is 0. The first-order chi connectivity index (χ1) is 5.76. The second kappa shape index (κ2) is 7.41. The fourth-order valence-corrected chi connectivity index (χ4v) is 2.06. The molecule has 0 unspecified atom stereocenters. The summed E-state index contributed by atoms with van der Waals surface area (Å²) in [5, 5.41) is 0. The van der Waals surface area contributed by atoms with Gasteiger partial charge in [-0.05, 0) is 36.0 Å². The van der Waals surface area contributed by atoms with Gasteiger partial charge in [0.1, 0.15) is 6.29 Å². The minimum Gasteiger partial charge on any atom is -0.298 e. The maximum atomic E-state index is 10.5. The fourth-order valence-electron chi connectivity index (χ4n) is 0.900. The van der Waals surface area contributed by atoms with E-state index in [4.69, 9.17) is 0 Å². The van der Waals surface area contributed by atoms with E-state index in [2.05, 4.69) is 13.8 Å². The lowest BCUT2D eigenvalue weighted by atomic mass is 10.3. The van der Waals surface area contributed by atoms with E-state index in [0.717, 1.165) is 24.0 Å². The molecule has 2 heteroatoms. The second-order valence-electron chi connectivity index (χ2n) is 2.78. The summed E-state index contributed by atoms with van der Waals surface area (Å²) in [5.74, 6) is 1.14. The summed E-state index contributed by atoms with van der Waals surface area (Å²) >= 11 is 1.83. The average molecular weight is 186 g/mol. The van der Waals surface area contributed by atoms with Gasteiger partial charge in [-0.3, -0.25) is 4.79 Å². The molecule has 0 aromatic heterocycles. The molecule has 0 aliphatic carbocycles. The van der Waals surface area contributed by atoms with Crippen LogP contribution in [-0.2, 0) is 4.79 Å². The van der Waals surface area contributed by atoms with Gasteiger partial charge in [0.25, 0.3) is 0 Å². The van der Waals surface area contributed by atoms with E-state index in [1.165, 1.54) is 17.7 Å². The van der Waals surface area contributed by atoms with Crippen molar-refractivity contribution in [1.82, 2.24) is 0 Å². The van der Waals surface area contributed by atoms with E-state index in [1.54, 1.807) is 0 Å². The third-order valence-corrected chi connectivity index (χ3v) is 3.16. The summed E-state index contributed by atoms with van der Waals surface area (Å²) in [4.78, 5) is 11.7. The van der Waals surface area contributed by atoms with Gasteiger partial charge in [0, 0.05) is 0 Å². The highest BCUT2D eigenvalue weighted by molar-refractivity contribution is 8.03. The van der Waals surface area contributed by atoms with E-state index in [1.807, 2.05) is 18.7 Å². The maximum absolute atomic E-state index is 10.5. The molecule has 0 aliphatic heterocycles. The smallest absolute Gasteiger partial charge is 0.146 e. The number of hydrogen-bond donors (Lipinski definition) is 0. The SMILES string of the molecule is CCCCS/C(CC)=C(\C)C=O. The summed E-state index contributed by atoms with van der Waals surface area (Å²) in [6.07, 6.45) is 4.40. The Morgan fingerprint density at radius 2 is 2.08 bits per heavy atom. The lowest BCUT2D eigenvalue weighted by Gasteiger charge is -2.04. The number of allylic oxidation sites excluding steroid dienone is 2. The van der Waals surface area contributed by atoms with Crippen LogP contribution in [0.25, 0.3) is 0 Å². The predicted octanol–water partition coefficient (Wildman–Crippen LogP) is 3.40. The van der Waals surface area contributed by atoms with Gasteiger partial charge in [0.2, 0.25) is 0 Å². The molecule has 0 bridgehead atoms. The number of carbonyl (C=O) groups excluding carboxylic acids is 1. The molecule has 0 aromatic rings. The third-order valence-electron chi connectivity index (χ3n) is 1.71. The fraction of sp³-hybridized carbons (Fsp3) is 0.700. The minimum atomic E-state index is 0.901. The first-order valence-corrected chi connectivity index (χ1v) is 5.52. The molecule has 0 saturated carbocycles. The molecule has 0 amide bonds. The zero-order valence-electron chi connectivity index (χ0n) is 8.22. The van der Waals surface area contributed by atoms with Gasteiger partial charge in [-0.2, -0.15) is 0 Å². The van der Waals surface area contributed by atoms with Crippen molar-refractivity contribution in [2.45, 2.75) is 40.0 Å². The second-order valence-corrected chi connectivity index (χ2v) is 3.97. The van der Waals surface area contributed by atoms with Crippen molar-refractivity contribution in [2.75, 3.05) is 5.75 Å². The number of unbranched alkanes of at least 4 members (excludes halogenated alkanes) is 1. The van der Waals surface area contributed by atoms with Crippen LogP contribution in [0.2, 0.25) is 0 Å². The Bertz CT molecular complexity index is 161. The largest absolute Gasteiger partial charge is 0.298 e.